The summed E-state index contributed by atoms with van der Waals surface area (Å²) in [6, 6.07) is 34.6. The van der Waals surface area contributed by atoms with Crippen LogP contribution in [0.15, 0.2) is 132 Å². The van der Waals surface area contributed by atoms with Crippen molar-refractivity contribution >= 4 is 40.0 Å². The van der Waals surface area contributed by atoms with Crippen LogP contribution in [-0.4, -0.2) is 11.0 Å². The second kappa shape index (κ2) is 9.46. The number of rotatable bonds is 5. The van der Waals surface area contributed by atoms with Gasteiger partial charge in [-0.3, -0.25) is 4.99 Å². The largest absolute Gasteiger partial charge is 0.268 e. The molecule has 34 heavy (non-hydrogen) atoms. The number of thioether (sulfide) groups is 1. The van der Waals surface area contributed by atoms with E-state index in [1.807, 2.05) is 23.1 Å². The number of allylic oxidation sites excluding steroid dienone is 3. The lowest BCUT2D eigenvalue weighted by molar-refractivity contribution is 1.08. The molecule has 164 valence electrons. The number of fused-ring (bicyclic) bond motifs is 1. The molecule has 0 spiro atoms. The molecule has 0 N–H and O–H groups in total. The van der Waals surface area contributed by atoms with E-state index in [1.165, 1.54) is 44.0 Å². The van der Waals surface area contributed by atoms with Gasteiger partial charge in [0, 0.05) is 4.88 Å². The number of hydrogen-bond donors (Lipinski definition) is 0. The van der Waals surface area contributed by atoms with E-state index in [0.29, 0.717) is 5.25 Å². The zero-order valence-corrected chi connectivity index (χ0v) is 20.2. The van der Waals surface area contributed by atoms with E-state index in [-0.39, 0.29) is 5.37 Å². The maximum atomic E-state index is 5.12. The molecule has 0 fully saturated rings. The van der Waals surface area contributed by atoms with Crippen molar-refractivity contribution in [3.05, 3.63) is 154 Å². The Morgan fingerprint density at radius 2 is 1.24 bits per heavy atom. The zero-order valence-electron chi connectivity index (χ0n) is 18.5. The summed E-state index contributed by atoms with van der Waals surface area (Å²) in [6.07, 6.45) is 8.63. The first-order valence-corrected chi connectivity index (χ1v) is 13.3. The monoisotopic (exact) mass is 473 g/mol. The van der Waals surface area contributed by atoms with Crippen LogP contribution < -0.4 is 0 Å². The Balaban J connectivity index is 1.60. The van der Waals surface area contributed by atoms with Crippen molar-refractivity contribution in [3.8, 4) is 0 Å². The van der Waals surface area contributed by atoms with Crippen molar-refractivity contribution < 1.29 is 0 Å². The Bertz CT molecular complexity index is 1370. The van der Waals surface area contributed by atoms with Crippen molar-refractivity contribution in [2.75, 3.05) is 0 Å². The second-order valence-electron chi connectivity index (χ2n) is 8.25. The predicted molar refractivity (Wildman–Crippen MR) is 148 cm³/mol. The molecule has 0 radical (unpaired) electrons. The second-order valence-corrected chi connectivity index (χ2v) is 10.4. The molecule has 1 nitrogen and oxygen atoms in total. The first-order chi connectivity index (χ1) is 16.9. The molecule has 2 heterocycles. The van der Waals surface area contributed by atoms with E-state index in [9.17, 15) is 0 Å². The average molecular weight is 474 g/mol. The van der Waals surface area contributed by atoms with Gasteiger partial charge in [0.1, 0.15) is 5.37 Å². The van der Waals surface area contributed by atoms with Gasteiger partial charge in [0.25, 0.3) is 0 Å². The van der Waals surface area contributed by atoms with E-state index in [2.05, 4.69) is 127 Å². The van der Waals surface area contributed by atoms with E-state index in [4.69, 9.17) is 4.99 Å². The third-order valence-corrected chi connectivity index (χ3v) is 8.53. The summed E-state index contributed by atoms with van der Waals surface area (Å²) < 4.78 is 0. The molecular formula is C31H23NS2. The van der Waals surface area contributed by atoms with Crippen LogP contribution in [0.4, 0.5) is 0 Å². The molecule has 0 bridgehead atoms. The normalized spacial score (nSPS) is 18.4. The molecule has 2 atom stereocenters. The van der Waals surface area contributed by atoms with Crippen molar-refractivity contribution in [2.24, 2.45) is 4.99 Å². The zero-order chi connectivity index (χ0) is 22.7. The molecule has 3 aromatic carbocycles. The Labute approximate surface area is 208 Å². The molecule has 4 aromatic rings. The SMILES string of the molecule is C1=CC2=NC(c3sccc3C(=C(c3ccccc3)c3ccccc3)c3ccccc3)SC2C=C1. The molecule has 1 aliphatic heterocycles. The van der Waals surface area contributed by atoms with Gasteiger partial charge in [-0.2, -0.15) is 0 Å². The smallest absolute Gasteiger partial charge is 0.131 e. The van der Waals surface area contributed by atoms with Crippen LogP contribution in [0, 0.1) is 0 Å². The first kappa shape index (κ1) is 21.2. The quantitative estimate of drug-likeness (QED) is 0.265. The lowest BCUT2D eigenvalue weighted by Crippen LogP contribution is -2.08. The van der Waals surface area contributed by atoms with Gasteiger partial charge in [0.05, 0.1) is 11.0 Å². The van der Waals surface area contributed by atoms with Crippen molar-refractivity contribution in [1.29, 1.82) is 0 Å². The van der Waals surface area contributed by atoms with Crippen molar-refractivity contribution in [3.63, 3.8) is 0 Å². The van der Waals surface area contributed by atoms with Crippen LogP contribution in [0.25, 0.3) is 11.1 Å². The maximum absolute atomic E-state index is 5.12. The Morgan fingerprint density at radius 1 is 0.647 bits per heavy atom. The lowest BCUT2D eigenvalue weighted by Gasteiger charge is -2.19. The average Bonchev–Trinajstić information content (AvgIpc) is 3.56. The van der Waals surface area contributed by atoms with Gasteiger partial charge in [-0.1, -0.05) is 109 Å². The molecule has 2 unspecified atom stereocenters. The van der Waals surface area contributed by atoms with E-state index in [1.54, 1.807) is 0 Å². The van der Waals surface area contributed by atoms with Gasteiger partial charge in [0.15, 0.2) is 0 Å². The highest BCUT2D eigenvalue weighted by atomic mass is 32.2. The fraction of sp³-hybridized carbons (Fsp3) is 0.0645. The van der Waals surface area contributed by atoms with E-state index >= 15 is 0 Å². The Hall–Kier alpha value is -3.40. The van der Waals surface area contributed by atoms with Crippen molar-refractivity contribution in [2.45, 2.75) is 10.6 Å². The van der Waals surface area contributed by atoms with Gasteiger partial charge in [0.2, 0.25) is 0 Å². The van der Waals surface area contributed by atoms with Crippen LogP contribution in [0.5, 0.6) is 0 Å². The number of thiophene rings is 1. The molecular weight excluding hydrogens is 450 g/mol. The fourth-order valence-corrected chi connectivity index (χ4v) is 6.91. The molecule has 1 aromatic heterocycles. The highest BCUT2D eigenvalue weighted by Crippen LogP contribution is 2.48. The summed E-state index contributed by atoms with van der Waals surface area (Å²) >= 11 is 3.74. The topological polar surface area (TPSA) is 12.4 Å². The summed E-state index contributed by atoms with van der Waals surface area (Å²) in [6.45, 7) is 0. The van der Waals surface area contributed by atoms with Crippen LogP contribution >= 0.6 is 23.1 Å². The van der Waals surface area contributed by atoms with Crippen LogP contribution in [-0.2, 0) is 0 Å². The highest BCUT2D eigenvalue weighted by molar-refractivity contribution is 8.01. The number of hydrogen-bond acceptors (Lipinski definition) is 3. The minimum Gasteiger partial charge on any atom is -0.268 e. The third kappa shape index (κ3) is 4.02. The molecule has 6 rings (SSSR count). The summed E-state index contributed by atoms with van der Waals surface area (Å²) in [4.78, 5) is 6.44. The van der Waals surface area contributed by atoms with Crippen molar-refractivity contribution in [1.82, 2.24) is 0 Å². The van der Waals surface area contributed by atoms with Gasteiger partial charge in [-0.15, -0.1) is 23.1 Å². The first-order valence-electron chi connectivity index (χ1n) is 11.4. The summed E-state index contributed by atoms with van der Waals surface area (Å²) in [5, 5.41) is 2.67. The molecule has 0 amide bonds. The number of benzene rings is 3. The molecule has 1 aliphatic carbocycles. The lowest BCUT2D eigenvalue weighted by atomic mass is 9.86. The molecule has 2 aliphatic rings. The minimum absolute atomic E-state index is 0.105. The maximum Gasteiger partial charge on any atom is 0.131 e. The Morgan fingerprint density at radius 3 is 1.82 bits per heavy atom. The standard InChI is InChI=1S/C31H23NS2/c1-4-12-22(13-5-1)28(23-14-6-2-7-15-23)29(24-16-8-3-9-17-24)25-20-21-33-30(25)31-32-26-18-10-11-19-27(26)34-31/h1-21,27,31H. The molecule has 0 saturated heterocycles. The summed E-state index contributed by atoms with van der Waals surface area (Å²) in [5.74, 6) is 0. The van der Waals surface area contributed by atoms with Crippen LogP contribution in [0.1, 0.15) is 32.5 Å². The van der Waals surface area contributed by atoms with Gasteiger partial charge in [-0.05, 0) is 50.9 Å². The highest BCUT2D eigenvalue weighted by Gasteiger charge is 2.31. The molecule has 0 saturated carbocycles. The number of aliphatic imine (C=N–C) groups is 1. The van der Waals surface area contributed by atoms with E-state index in [0.717, 1.165) is 0 Å². The minimum atomic E-state index is 0.105. The van der Waals surface area contributed by atoms with Gasteiger partial charge in [-0.25, -0.2) is 0 Å². The summed E-state index contributed by atoms with van der Waals surface area (Å²) in [5.41, 5.74) is 8.61. The van der Waals surface area contributed by atoms with Gasteiger partial charge >= 0.3 is 0 Å². The van der Waals surface area contributed by atoms with Crippen LogP contribution in [0.3, 0.4) is 0 Å². The third-order valence-electron chi connectivity index (χ3n) is 6.12. The van der Waals surface area contributed by atoms with E-state index < -0.39 is 0 Å². The molecule has 3 heteroatoms. The predicted octanol–water partition coefficient (Wildman–Crippen LogP) is 8.44. The van der Waals surface area contributed by atoms with Crippen LogP contribution in [0.2, 0.25) is 0 Å². The summed E-state index contributed by atoms with van der Waals surface area (Å²) in [7, 11) is 0. The Kier molecular flexibility index (Phi) is 5.88. The van der Waals surface area contributed by atoms with Gasteiger partial charge < -0.3 is 0 Å². The number of nitrogens with zero attached hydrogens (tertiary/aromatic N) is 1. The fourth-order valence-electron chi connectivity index (χ4n) is 4.59.